The second kappa shape index (κ2) is 3.82. The van der Waals surface area contributed by atoms with Crippen LogP contribution >= 0.6 is 0 Å². The molecule has 2 heterocycles. The van der Waals surface area contributed by atoms with Gasteiger partial charge in [-0.3, -0.25) is 4.90 Å². The molecule has 1 saturated heterocycles. The Morgan fingerprint density at radius 3 is 3.06 bits per heavy atom. The minimum atomic E-state index is -0.151. The molecule has 2 nitrogen and oxygen atoms in total. The zero-order chi connectivity index (χ0) is 11.1. The predicted molar refractivity (Wildman–Crippen MR) is 61.4 cm³/mol. The lowest BCUT2D eigenvalue weighted by Gasteiger charge is -2.43. The van der Waals surface area contributed by atoms with Crippen molar-refractivity contribution in [2.45, 2.75) is 37.9 Å². The van der Waals surface area contributed by atoms with Crippen LogP contribution < -0.4 is 5.73 Å². The van der Waals surface area contributed by atoms with E-state index in [1.165, 1.54) is 25.3 Å². The normalized spacial score (nSPS) is 29.6. The van der Waals surface area contributed by atoms with Crippen molar-refractivity contribution in [3.63, 3.8) is 0 Å². The van der Waals surface area contributed by atoms with Crippen LogP contribution in [0.1, 0.15) is 36.4 Å². The molecule has 1 aromatic rings. The van der Waals surface area contributed by atoms with Gasteiger partial charge >= 0.3 is 0 Å². The first-order valence-electron chi connectivity index (χ1n) is 6.03. The molecule has 2 N–H and O–H groups in total. The number of halogens is 1. The lowest BCUT2D eigenvalue weighted by molar-refractivity contribution is 0.104. The topological polar surface area (TPSA) is 29.3 Å². The molecule has 0 spiro atoms. The quantitative estimate of drug-likeness (QED) is 0.726. The number of fused-ring (bicyclic) bond motifs is 2. The van der Waals surface area contributed by atoms with E-state index in [2.05, 4.69) is 4.90 Å². The molecule has 0 aliphatic carbocycles. The fourth-order valence-corrected chi connectivity index (χ4v) is 3.08. The molecular formula is C13H17FN2. The first-order valence-corrected chi connectivity index (χ1v) is 6.03. The molecule has 0 saturated carbocycles. The third-order valence-corrected chi connectivity index (χ3v) is 3.92. The fourth-order valence-electron chi connectivity index (χ4n) is 3.08. The van der Waals surface area contributed by atoms with Crippen LogP contribution in [0, 0.1) is 5.82 Å². The van der Waals surface area contributed by atoms with E-state index in [0.717, 1.165) is 24.2 Å². The van der Waals surface area contributed by atoms with E-state index in [1.54, 1.807) is 6.07 Å². The van der Waals surface area contributed by atoms with Crippen molar-refractivity contribution in [1.82, 2.24) is 4.90 Å². The van der Waals surface area contributed by atoms with Gasteiger partial charge in [0.25, 0.3) is 0 Å². The number of benzene rings is 1. The van der Waals surface area contributed by atoms with Crippen LogP contribution in [-0.2, 0) is 6.54 Å². The Kier molecular flexibility index (Phi) is 2.45. The van der Waals surface area contributed by atoms with Crippen molar-refractivity contribution in [2.75, 3.05) is 6.54 Å². The number of hydrogen-bond donors (Lipinski definition) is 1. The van der Waals surface area contributed by atoms with Crippen molar-refractivity contribution in [1.29, 1.82) is 0 Å². The van der Waals surface area contributed by atoms with E-state index in [1.807, 2.05) is 6.07 Å². The van der Waals surface area contributed by atoms with E-state index in [4.69, 9.17) is 5.73 Å². The maximum atomic E-state index is 13.2. The van der Waals surface area contributed by atoms with Crippen LogP contribution in [0.5, 0.6) is 0 Å². The maximum Gasteiger partial charge on any atom is 0.123 e. The Balaban J connectivity index is 1.99. The molecule has 2 aliphatic rings. The van der Waals surface area contributed by atoms with Crippen LogP contribution in [0.4, 0.5) is 4.39 Å². The average molecular weight is 220 g/mol. The highest BCUT2D eigenvalue weighted by Crippen LogP contribution is 2.35. The van der Waals surface area contributed by atoms with Gasteiger partial charge in [0.1, 0.15) is 5.82 Å². The van der Waals surface area contributed by atoms with Crippen molar-refractivity contribution < 1.29 is 4.39 Å². The lowest BCUT2D eigenvalue weighted by atomic mass is 9.85. The summed E-state index contributed by atoms with van der Waals surface area (Å²) in [5, 5.41) is 0. The molecule has 16 heavy (non-hydrogen) atoms. The summed E-state index contributed by atoms with van der Waals surface area (Å²) in [6.45, 7) is 1.97. The molecule has 0 amide bonds. The summed E-state index contributed by atoms with van der Waals surface area (Å²) in [6, 6.07) is 5.55. The first-order chi connectivity index (χ1) is 7.75. The minimum Gasteiger partial charge on any atom is -0.323 e. The summed E-state index contributed by atoms with van der Waals surface area (Å²) < 4.78 is 13.2. The maximum absolute atomic E-state index is 13.2. The highest BCUT2D eigenvalue weighted by Gasteiger charge is 2.34. The standard InChI is InChI=1S/C13H17FN2/c14-10-4-5-11-9(7-10)8-16-6-2-1-3-12(16)13(11)15/h4-5,7,12-13H,1-3,6,8,15H2. The van der Waals surface area contributed by atoms with Crippen LogP contribution in [0.15, 0.2) is 18.2 Å². The Hall–Kier alpha value is -0.930. The summed E-state index contributed by atoms with van der Waals surface area (Å²) in [4.78, 5) is 2.41. The van der Waals surface area contributed by atoms with Crippen LogP contribution in [-0.4, -0.2) is 17.5 Å². The van der Waals surface area contributed by atoms with E-state index in [0.29, 0.717) is 6.04 Å². The highest BCUT2D eigenvalue weighted by molar-refractivity contribution is 5.34. The van der Waals surface area contributed by atoms with Crippen molar-refractivity contribution in [3.05, 3.63) is 35.1 Å². The SMILES string of the molecule is NC1c2ccc(F)cc2CN2CCCCC12. The summed E-state index contributed by atoms with van der Waals surface area (Å²) in [7, 11) is 0. The van der Waals surface area contributed by atoms with Crippen LogP contribution in [0.25, 0.3) is 0 Å². The Morgan fingerprint density at radius 1 is 1.31 bits per heavy atom. The molecule has 0 radical (unpaired) electrons. The summed E-state index contributed by atoms with van der Waals surface area (Å²) in [6.07, 6.45) is 3.69. The van der Waals surface area contributed by atoms with E-state index < -0.39 is 0 Å². The molecule has 2 unspecified atom stereocenters. The number of rotatable bonds is 0. The third kappa shape index (κ3) is 1.55. The molecule has 1 aromatic carbocycles. The first kappa shape index (κ1) is 10.2. The molecule has 0 bridgehead atoms. The zero-order valence-electron chi connectivity index (χ0n) is 9.32. The third-order valence-electron chi connectivity index (χ3n) is 3.92. The van der Waals surface area contributed by atoms with Crippen molar-refractivity contribution in [3.8, 4) is 0 Å². The molecule has 86 valence electrons. The van der Waals surface area contributed by atoms with Gasteiger partial charge in [-0.1, -0.05) is 12.5 Å². The van der Waals surface area contributed by atoms with Gasteiger partial charge in [0.2, 0.25) is 0 Å². The van der Waals surface area contributed by atoms with Crippen molar-refractivity contribution in [2.24, 2.45) is 5.73 Å². The summed E-state index contributed by atoms with van der Waals surface area (Å²) in [5.74, 6) is -0.151. The molecule has 2 atom stereocenters. The summed E-state index contributed by atoms with van der Waals surface area (Å²) >= 11 is 0. The van der Waals surface area contributed by atoms with Crippen LogP contribution in [0.3, 0.4) is 0 Å². The molecule has 0 aromatic heterocycles. The van der Waals surface area contributed by atoms with Gasteiger partial charge in [0.05, 0.1) is 0 Å². The Labute approximate surface area is 95.2 Å². The highest BCUT2D eigenvalue weighted by atomic mass is 19.1. The molecule has 3 heteroatoms. The van der Waals surface area contributed by atoms with Gasteiger partial charge in [-0.25, -0.2) is 4.39 Å². The van der Waals surface area contributed by atoms with E-state index in [9.17, 15) is 4.39 Å². The van der Waals surface area contributed by atoms with Crippen molar-refractivity contribution >= 4 is 0 Å². The van der Waals surface area contributed by atoms with Gasteiger partial charge in [-0.15, -0.1) is 0 Å². The Morgan fingerprint density at radius 2 is 2.19 bits per heavy atom. The monoisotopic (exact) mass is 220 g/mol. The zero-order valence-corrected chi connectivity index (χ0v) is 9.32. The minimum absolute atomic E-state index is 0.0599. The van der Waals surface area contributed by atoms with Gasteiger partial charge in [-0.2, -0.15) is 0 Å². The lowest BCUT2D eigenvalue weighted by Crippen LogP contribution is -2.48. The van der Waals surface area contributed by atoms with E-state index >= 15 is 0 Å². The average Bonchev–Trinajstić information content (AvgIpc) is 2.29. The van der Waals surface area contributed by atoms with Gasteiger partial charge in [-0.05, 0) is 42.6 Å². The van der Waals surface area contributed by atoms with Gasteiger partial charge < -0.3 is 5.73 Å². The van der Waals surface area contributed by atoms with E-state index in [-0.39, 0.29) is 11.9 Å². The predicted octanol–water partition coefficient (Wildman–Crippen LogP) is 2.19. The second-order valence-electron chi connectivity index (χ2n) is 4.90. The van der Waals surface area contributed by atoms with Crippen LogP contribution in [0.2, 0.25) is 0 Å². The Bertz CT molecular complexity index is 405. The van der Waals surface area contributed by atoms with Gasteiger partial charge in [0.15, 0.2) is 0 Å². The number of nitrogens with two attached hydrogens (primary N) is 1. The number of nitrogens with zero attached hydrogens (tertiary/aromatic N) is 1. The summed E-state index contributed by atoms with van der Waals surface area (Å²) in [5.41, 5.74) is 8.50. The molecular weight excluding hydrogens is 203 g/mol. The fraction of sp³-hybridized carbons (Fsp3) is 0.538. The second-order valence-corrected chi connectivity index (χ2v) is 4.90. The number of piperidine rings is 1. The molecule has 2 aliphatic heterocycles. The molecule has 3 rings (SSSR count). The largest absolute Gasteiger partial charge is 0.323 e. The smallest absolute Gasteiger partial charge is 0.123 e. The number of hydrogen-bond acceptors (Lipinski definition) is 2. The van der Waals surface area contributed by atoms with Gasteiger partial charge in [0, 0.05) is 18.6 Å². The molecule has 1 fully saturated rings.